The fourth-order valence-corrected chi connectivity index (χ4v) is 0.733. The van der Waals surface area contributed by atoms with Gasteiger partial charge in [-0.3, -0.25) is 0 Å². The third kappa shape index (κ3) is 2.01. The van der Waals surface area contributed by atoms with Gasteiger partial charge in [-0.2, -0.15) is 27.2 Å². The standard InChI is InChI=1S/C7H2F5N3/c8-6(9,7(10,11)12)4-1-2-14-5(3-13)15-4/h1-2H. The van der Waals surface area contributed by atoms with Crippen molar-refractivity contribution in [2.45, 2.75) is 12.1 Å². The van der Waals surface area contributed by atoms with Crippen LogP contribution in [0.3, 0.4) is 0 Å². The predicted molar refractivity (Wildman–Crippen MR) is 36.7 cm³/mol. The Morgan fingerprint density at radius 3 is 2.27 bits per heavy atom. The second-order valence-electron chi connectivity index (χ2n) is 2.45. The summed E-state index contributed by atoms with van der Waals surface area (Å²) in [5, 5.41) is 8.23. The minimum Gasteiger partial charge on any atom is -0.228 e. The van der Waals surface area contributed by atoms with Crippen LogP contribution in [0.25, 0.3) is 0 Å². The smallest absolute Gasteiger partial charge is 0.228 e. The Morgan fingerprint density at radius 2 is 1.80 bits per heavy atom. The summed E-state index contributed by atoms with van der Waals surface area (Å²) in [6.07, 6.45) is -5.07. The lowest BCUT2D eigenvalue weighted by atomic mass is 10.2. The van der Waals surface area contributed by atoms with Crippen LogP contribution in [0, 0.1) is 11.3 Å². The lowest BCUT2D eigenvalue weighted by Gasteiger charge is -2.18. The Hall–Kier alpha value is -1.78. The first-order valence-electron chi connectivity index (χ1n) is 3.47. The van der Waals surface area contributed by atoms with E-state index >= 15 is 0 Å². The van der Waals surface area contributed by atoms with Gasteiger partial charge in [-0.05, 0) is 6.07 Å². The van der Waals surface area contributed by atoms with E-state index in [9.17, 15) is 22.0 Å². The van der Waals surface area contributed by atoms with Gasteiger partial charge in [0.15, 0.2) is 0 Å². The zero-order valence-electron chi connectivity index (χ0n) is 6.89. The van der Waals surface area contributed by atoms with Crippen LogP contribution >= 0.6 is 0 Å². The van der Waals surface area contributed by atoms with E-state index in [-0.39, 0.29) is 0 Å². The van der Waals surface area contributed by atoms with Crippen molar-refractivity contribution in [2.75, 3.05) is 0 Å². The number of halogens is 5. The van der Waals surface area contributed by atoms with Gasteiger partial charge in [0.2, 0.25) is 5.82 Å². The Labute approximate surface area is 80.2 Å². The van der Waals surface area contributed by atoms with Gasteiger partial charge < -0.3 is 0 Å². The number of nitrogens with zero attached hydrogens (tertiary/aromatic N) is 3. The normalized spacial score (nSPS) is 12.3. The molecule has 0 saturated heterocycles. The molecule has 8 heteroatoms. The van der Waals surface area contributed by atoms with Crippen molar-refractivity contribution in [1.29, 1.82) is 5.26 Å². The number of aromatic nitrogens is 2. The summed E-state index contributed by atoms with van der Waals surface area (Å²) in [4.78, 5) is 5.97. The highest BCUT2D eigenvalue weighted by Gasteiger charge is 2.60. The van der Waals surface area contributed by atoms with Crippen molar-refractivity contribution in [2.24, 2.45) is 0 Å². The minimum atomic E-state index is -5.74. The third-order valence-corrected chi connectivity index (χ3v) is 1.43. The average molecular weight is 223 g/mol. The largest absolute Gasteiger partial charge is 0.459 e. The third-order valence-electron chi connectivity index (χ3n) is 1.43. The second-order valence-corrected chi connectivity index (χ2v) is 2.45. The molecule has 0 aromatic carbocycles. The number of nitriles is 1. The van der Waals surface area contributed by atoms with Crippen LogP contribution in [-0.2, 0) is 5.92 Å². The SMILES string of the molecule is N#Cc1nccc(C(F)(F)C(F)(F)F)n1. The molecule has 0 fully saturated rings. The predicted octanol–water partition coefficient (Wildman–Crippen LogP) is 2.00. The molecule has 0 radical (unpaired) electrons. The highest BCUT2D eigenvalue weighted by molar-refractivity contribution is 5.17. The van der Waals surface area contributed by atoms with Gasteiger partial charge in [-0.1, -0.05) is 0 Å². The molecule has 0 aliphatic carbocycles. The van der Waals surface area contributed by atoms with E-state index < -0.39 is 23.6 Å². The van der Waals surface area contributed by atoms with E-state index in [0.29, 0.717) is 12.3 Å². The fraction of sp³-hybridized carbons (Fsp3) is 0.286. The van der Waals surface area contributed by atoms with Gasteiger partial charge in [0.1, 0.15) is 11.8 Å². The van der Waals surface area contributed by atoms with Gasteiger partial charge in [-0.15, -0.1) is 0 Å². The molecule has 0 spiro atoms. The molecule has 80 valence electrons. The lowest BCUT2D eigenvalue weighted by Crippen LogP contribution is -2.34. The summed E-state index contributed by atoms with van der Waals surface area (Å²) in [6.45, 7) is 0. The highest BCUT2D eigenvalue weighted by Crippen LogP contribution is 2.42. The quantitative estimate of drug-likeness (QED) is 0.684. The molecule has 0 aliphatic rings. The molecule has 1 aromatic heterocycles. The van der Waals surface area contributed by atoms with Gasteiger partial charge in [-0.25, -0.2) is 9.97 Å². The minimum absolute atomic E-state index is 0.411. The molecule has 3 nitrogen and oxygen atoms in total. The summed E-state index contributed by atoms with van der Waals surface area (Å²) < 4.78 is 60.9. The lowest BCUT2D eigenvalue weighted by molar-refractivity contribution is -0.291. The first-order valence-corrected chi connectivity index (χ1v) is 3.47. The van der Waals surface area contributed by atoms with Crippen LogP contribution in [0.1, 0.15) is 11.5 Å². The molecule has 0 aliphatic heterocycles. The van der Waals surface area contributed by atoms with Crippen LogP contribution in [0.15, 0.2) is 12.3 Å². The molecule has 0 unspecified atom stereocenters. The molecule has 0 saturated carbocycles. The highest BCUT2D eigenvalue weighted by atomic mass is 19.4. The molecular weight excluding hydrogens is 221 g/mol. The van der Waals surface area contributed by atoms with Crippen molar-refractivity contribution in [3.05, 3.63) is 23.8 Å². The number of hydrogen-bond donors (Lipinski definition) is 0. The Morgan fingerprint density at radius 1 is 1.20 bits per heavy atom. The van der Waals surface area contributed by atoms with Crippen molar-refractivity contribution < 1.29 is 22.0 Å². The van der Waals surface area contributed by atoms with E-state index in [2.05, 4.69) is 9.97 Å². The van der Waals surface area contributed by atoms with E-state index in [0.717, 1.165) is 0 Å². The van der Waals surface area contributed by atoms with Crippen LogP contribution in [0.2, 0.25) is 0 Å². The molecular formula is C7H2F5N3. The van der Waals surface area contributed by atoms with Crippen LogP contribution in [0.4, 0.5) is 22.0 Å². The molecule has 1 heterocycles. The first-order chi connectivity index (χ1) is 6.79. The average Bonchev–Trinajstić information content (AvgIpc) is 2.16. The van der Waals surface area contributed by atoms with Gasteiger partial charge in [0.05, 0.1) is 0 Å². The molecule has 1 aromatic rings. The maximum Gasteiger partial charge on any atom is 0.459 e. The van der Waals surface area contributed by atoms with Gasteiger partial charge in [0, 0.05) is 6.20 Å². The Bertz CT molecular complexity index is 406. The fourth-order valence-electron chi connectivity index (χ4n) is 0.733. The van der Waals surface area contributed by atoms with E-state index in [4.69, 9.17) is 5.26 Å². The summed E-state index contributed by atoms with van der Waals surface area (Å²) in [6, 6.07) is 1.68. The topological polar surface area (TPSA) is 49.6 Å². The summed E-state index contributed by atoms with van der Waals surface area (Å²) in [5.74, 6) is -5.82. The Kier molecular flexibility index (Phi) is 2.57. The summed E-state index contributed by atoms with van der Waals surface area (Å²) >= 11 is 0. The number of hydrogen-bond acceptors (Lipinski definition) is 3. The van der Waals surface area contributed by atoms with Crippen molar-refractivity contribution in [1.82, 2.24) is 9.97 Å². The number of rotatable bonds is 1. The van der Waals surface area contributed by atoms with Gasteiger partial charge >= 0.3 is 12.1 Å². The molecule has 0 bridgehead atoms. The maximum atomic E-state index is 12.7. The van der Waals surface area contributed by atoms with Gasteiger partial charge in [0.25, 0.3) is 0 Å². The number of alkyl halides is 5. The van der Waals surface area contributed by atoms with Crippen molar-refractivity contribution >= 4 is 0 Å². The van der Waals surface area contributed by atoms with E-state index in [1.807, 2.05) is 0 Å². The van der Waals surface area contributed by atoms with Crippen LogP contribution < -0.4 is 0 Å². The molecule has 0 N–H and O–H groups in total. The first kappa shape index (κ1) is 11.3. The van der Waals surface area contributed by atoms with Crippen molar-refractivity contribution in [3.63, 3.8) is 0 Å². The summed E-state index contributed by atoms with van der Waals surface area (Å²) in [7, 11) is 0. The monoisotopic (exact) mass is 223 g/mol. The molecule has 0 amide bonds. The van der Waals surface area contributed by atoms with Crippen molar-refractivity contribution in [3.8, 4) is 6.07 Å². The molecule has 15 heavy (non-hydrogen) atoms. The zero-order chi connectivity index (χ0) is 11.7. The van der Waals surface area contributed by atoms with E-state index in [1.165, 1.54) is 6.07 Å². The van der Waals surface area contributed by atoms with E-state index in [1.54, 1.807) is 0 Å². The second kappa shape index (κ2) is 3.42. The zero-order valence-corrected chi connectivity index (χ0v) is 6.89. The molecule has 0 atom stereocenters. The Balaban J connectivity index is 3.23. The van der Waals surface area contributed by atoms with Crippen LogP contribution in [-0.4, -0.2) is 16.1 Å². The molecule has 1 rings (SSSR count). The van der Waals surface area contributed by atoms with Crippen LogP contribution in [0.5, 0.6) is 0 Å². The summed E-state index contributed by atoms with van der Waals surface area (Å²) in [5.41, 5.74) is -1.54. The maximum absolute atomic E-state index is 12.7.